The van der Waals surface area contributed by atoms with Crippen LogP contribution in [0.1, 0.15) is 23.1 Å². The van der Waals surface area contributed by atoms with E-state index in [0.717, 1.165) is 19.3 Å². The van der Waals surface area contributed by atoms with Crippen LogP contribution in [-0.2, 0) is 12.8 Å². The highest BCUT2D eigenvalue weighted by Crippen LogP contribution is 2.18. The molecule has 1 aromatic heterocycles. The Morgan fingerprint density at radius 2 is 2.17 bits per heavy atom. The molecular weight excluding hydrogens is 146 g/mol. The fourth-order valence-corrected chi connectivity index (χ4v) is 1.71. The number of allylic oxidation sites excluding steroid dienone is 2. The van der Waals surface area contributed by atoms with Crippen molar-refractivity contribution in [2.45, 2.75) is 26.2 Å². The van der Waals surface area contributed by atoms with Gasteiger partial charge in [-0.2, -0.15) is 0 Å². The predicted molar refractivity (Wildman–Crippen MR) is 50.1 cm³/mol. The molecule has 0 atom stereocenters. The molecule has 1 heterocycles. The highest BCUT2D eigenvalue weighted by atomic mass is 14.6. The topological polar surface area (TPSA) is 12.9 Å². The monoisotopic (exact) mass is 159 g/mol. The Labute approximate surface area is 73.1 Å². The minimum absolute atomic E-state index is 1.09. The van der Waals surface area contributed by atoms with Crippen molar-refractivity contribution in [3.8, 4) is 0 Å². The van der Waals surface area contributed by atoms with Crippen LogP contribution in [0.3, 0.4) is 0 Å². The van der Waals surface area contributed by atoms with Crippen LogP contribution in [0.5, 0.6) is 0 Å². The standard InChI is InChI=1S/C11H13N/c1-9-7-12-8-10-5-3-2-4-6-11(9)10/h2,4,7-8H,3,5-6H2,1H3. The van der Waals surface area contributed by atoms with E-state index in [4.69, 9.17) is 0 Å². The third-order valence-corrected chi connectivity index (χ3v) is 2.43. The fraction of sp³-hybridized carbons (Fsp3) is 0.364. The highest BCUT2D eigenvalue weighted by Gasteiger charge is 2.06. The first-order valence-electron chi connectivity index (χ1n) is 4.45. The average Bonchev–Trinajstić information content (AvgIpc) is 2.30. The van der Waals surface area contributed by atoms with Gasteiger partial charge in [-0.05, 0) is 42.9 Å². The molecular formula is C11H13N. The van der Waals surface area contributed by atoms with Crippen LogP contribution in [0.2, 0.25) is 0 Å². The molecule has 2 rings (SSSR count). The second-order valence-corrected chi connectivity index (χ2v) is 3.31. The third kappa shape index (κ3) is 1.27. The molecule has 0 amide bonds. The smallest absolute Gasteiger partial charge is 0.0303 e. The van der Waals surface area contributed by atoms with Gasteiger partial charge in [0, 0.05) is 12.4 Å². The van der Waals surface area contributed by atoms with Crippen molar-refractivity contribution in [1.29, 1.82) is 0 Å². The Bertz CT molecular complexity index is 313. The van der Waals surface area contributed by atoms with E-state index < -0.39 is 0 Å². The summed E-state index contributed by atoms with van der Waals surface area (Å²) in [6.07, 6.45) is 11.9. The van der Waals surface area contributed by atoms with Gasteiger partial charge in [0.2, 0.25) is 0 Å². The van der Waals surface area contributed by atoms with E-state index in [2.05, 4.69) is 24.1 Å². The Balaban J connectivity index is 2.48. The molecule has 12 heavy (non-hydrogen) atoms. The number of aryl methyl sites for hydroxylation is 2. The molecule has 1 aliphatic rings. The fourth-order valence-electron chi connectivity index (χ4n) is 1.71. The van der Waals surface area contributed by atoms with Crippen LogP contribution >= 0.6 is 0 Å². The van der Waals surface area contributed by atoms with E-state index in [1.165, 1.54) is 16.7 Å². The second kappa shape index (κ2) is 3.10. The van der Waals surface area contributed by atoms with Gasteiger partial charge in [0.05, 0.1) is 0 Å². The molecule has 0 saturated carbocycles. The van der Waals surface area contributed by atoms with Crippen LogP contribution in [0, 0.1) is 6.92 Å². The molecule has 1 nitrogen and oxygen atoms in total. The first-order valence-corrected chi connectivity index (χ1v) is 4.45. The van der Waals surface area contributed by atoms with Gasteiger partial charge in [0.1, 0.15) is 0 Å². The molecule has 1 heteroatoms. The maximum atomic E-state index is 4.21. The van der Waals surface area contributed by atoms with Gasteiger partial charge in [-0.25, -0.2) is 0 Å². The van der Waals surface area contributed by atoms with Crippen LogP contribution in [0.15, 0.2) is 24.5 Å². The maximum Gasteiger partial charge on any atom is 0.0303 e. The molecule has 0 fully saturated rings. The molecule has 1 aromatic rings. The second-order valence-electron chi connectivity index (χ2n) is 3.31. The predicted octanol–water partition coefficient (Wildman–Crippen LogP) is 2.43. The lowest BCUT2D eigenvalue weighted by molar-refractivity contribution is 0.975. The summed E-state index contributed by atoms with van der Waals surface area (Å²) >= 11 is 0. The summed E-state index contributed by atoms with van der Waals surface area (Å²) in [5.41, 5.74) is 4.25. The molecule has 0 spiro atoms. The summed E-state index contributed by atoms with van der Waals surface area (Å²) in [6, 6.07) is 0. The van der Waals surface area contributed by atoms with Crippen molar-refractivity contribution >= 4 is 0 Å². The summed E-state index contributed by atoms with van der Waals surface area (Å²) in [4.78, 5) is 4.21. The van der Waals surface area contributed by atoms with Crippen molar-refractivity contribution < 1.29 is 0 Å². The Hall–Kier alpha value is -1.11. The van der Waals surface area contributed by atoms with E-state index in [1.54, 1.807) is 0 Å². The van der Waals surface area contributed by atoms with E-state index >= 15 is 0 Å². The Morgan fingerprint density at radius 1 is 1.25 bits per heavy atom. The van der Waals surface area contributed by atoms with Crippen molar-refractivity contribution in [2.24, 2.45) is 0 Å². The molecule has 0 aliphatic heterocycles. The number of hydrogen-bond acceptors (Lipinski definition) is 1. The van der Waals surface area contributed by atoms with Crippen LogP contribution in [0.25, 0.3) is 0 Å². The number of fused-ring (bicyclic) bond motifs is 1. The first kappa shape index (κ1) is 7.53. The van der Waals surface area contributed by atoms with Gasteiger partial charge < -0.3 is 0 Å². The summed E-state index contributed by atoms with van der Waals surface area (Å²) in [6.45, 7) is 2.14. The molecule has 62 valence electrons. The summed E-state index contributed by atoms with van der Waals surface area (Å²) in [5.74, 6) is 0. The van der Waals surface area contributed by atoms with Crippen molar-refractivity contribution in [3.05, 3.63) is 41.2 Å². The average molecular weight is 159 g/mol. The Morgan fingerprint density at radius 3 is 3.08 bits per heavy atom. The molecule has 0 bridgehead atoms. The number of rotatable bonds is 0. The van der Waals surface area contributed by atoms with E-state index in [9.17, 15) is 0 Å². The highest BCUT2D eigenvalue weighted by molar-refractivity contribution is 5.34. The number of nitrogens with zero attached hydrogens (tertiary/aromatic N) is 1. The molecule has 0 N–H and O–H groups in total. The molecule has 0 radical (unpaired) electrons. The van der Waals surface area contributed by atoms with Gasteiger partial charge in [-0.1, -0.05) is 12.2 Å². The lowest BCUT2D eigenvalue weighted by Crippen LogP contribution is -1.95. The van der Waals surface area contributed by atoms with Crippen LogP contribution in [-0.4, -0.2) is 4.98 Å². The number of aromatic nitrogens is 1. The minimum atomic E-state index is 1.09. The lowest BCUT2D eigenvalue weighted by Gasteiger charge is -2.06. The minimum Gasteiger partial charge on any atom is -0.264 e. The zero-order valence-electron chi connectivity index (χ0n) is 7.38. The van der Waals surface area contributed by atoms with Gasteiger partial charge in [0.25, 0.3) is 0 Å². The zero-order chi connectivity index (χ0) is 8.39. The van der Waals surface area contributed by atoms with Gasteiger partial charge in [0.15, 0.2) is 0 Å². The van der Waals surface area contributed by atoms with Gasteiger partial charge >= 0.3 is 0 Å². The summed E-state index contributed by atoms with van der Waals surface area (Å²) in [7, 11) is 0. The largest absolute Gasteiger partial charge is 0.264 e. The SMILES string of the molecule is Cc1cncc2c1CC=CCC2. The van der Waals surface area contributed by atoms with Gasteiger partial charge in [-0.3, -0.25) is 4.98 Å². The summed E-state index contributed by atoms with van der Waals surface area (Å²) < 4.78 is 0. The van der Waals surface area contributed by atoms with Crippen molar-refractivity contribution in [3.63, 3.8) is 0 Å². The lowest BCUT2D eigenvalue weighted by atomic mass is 10.0. The number of pyridine rings is 1. The zero-order valence-corrected chi connectivity index (χ0v) is 7.38. The molecule has 0 saturated heterocycles. The van der Waals surface area contributed by atoms with E-state index in [1.807, 2.05) is 12.4 Å². The normalized spacial score (nSPS) is 15.4. The van der Waals surface area contributed by atoms with Crippen LogP contribution < -0.4 is 0 Å². The molecule has 0 aromatic carbocycles. The quantitative estimate of drug-likeness (QED) is 0.530. The number of hydrogen-bond donors (Lipinski definition) is 0. The van der Waals surface area contributed by atoms with Crippen LogP contribution in [0.4, 0.5) is 0 Å². The first-order chi connectivity index (χ1) is 5.88. The summed E-state index contributed by atoms with van der Waals surface area (Å²) in [5, 5.41) is 0. The molecule has 0 unspecified atom stereocenters. The van der Waals surface area contributed by atoms with Crippen molar-refractivity contribution in [2.75, 3.05) is 0 Å². The van der Waals surface area contributed by atoms with E-state index in [-0.39, 0.29) is 0 Å². The maximum absolute atomic E-state index is 4.21. The van der Waals surface area contributed by atoms with Gasteiger partial charge in [-0.15, -0.1) is 0 Å². The van der Waals surface area contributed by atoms with Crippen molar-refractivity contribution in [1.82, 2.24) is 4.98 Å². The molecule has 1 aliphatic carbocycles. The van der Waals surface area contributed by atoms with E-state index in [0.29, 0.717) is 0 Å². The Kier molecular flexibility index (Phi) is 1.94. The third-order valence-electron chi connectivity index (χ3n) is 2.43.